The molecule has 10 rings (SSSR count). The molecule has 3 atom stereocenters. The molecule has 0 saturated carbocycles. The van der Waals surface area contributed by atoms with E-state index in [1.54, 1.807) is 0 Å². The molecule has 55 heavy (non-hydrogen) atoms. The lowest BCUT2D eigenvalue weighted by atomic mass is 9.71. The molecule has 0 fully saturated rings. The Morgan fingerprint density at radius 1 is 0.509 bits per heavy atom. The molecule has 6 aromatic rings. The van der Waals surface area contributed by atoms with Crippen molar-refractivity contribution in [1.29, 1.82) is 0 Å². The molecule has 3 unspecified atom stereocenters. The number of nitrogens with zero attached hydrogens (tertiary/aromatic N) is 2. The van der Waals surface area contributed by atoms with Crippen LogP contribution >= 0.6 is 0 Å². The zero-order chi connectivity index (χ0) is 36.7. The largest absolute Gasteiger partial charge is 0.344 e. The summed E-state index contributed by atoms with van der Waals surface area (Å²) in [6, 6.07) is 53.8. The van der Waals surface area contributed by atoms with Gasteiger partial charge in [-0.1, -0.05) is 200 Å². The maximum Gasteiger partial charge on any atom is 0.159 e. The molecular formula is C52H39N3. The van der Waals surface area contributed by atoms with Gasteiger partial charge in [0.2, 0.25) is 0 Å². The first-order valence-corrected chi connectivity index (χ1v) is 19.1. The van der Waals surface area contributed by atoms with Gasteiger partial charge < -0.3 is 5.32 Å². The highest BCUT2D eigenvalue weighted by atomic mass is 15.2. The molecule has 0 spiro atoms. The van der Waals surface area contributed by atoms with Crippen molar-refractivity contribution >= 4 is 28.4 Å². The van der Waals surface area contributed by atoms with Crippen molar-refractivity contribution < 1.29 is 0 Å². The molecule has 3 nitrogen and oxygen atoms in total. The summed E-state index contributed by atoms with van der Waals surface area (Å²) in [5, 5.41) is 6.41. The third-order valence-corrected chi connectivity index (χ3v) is 11.2. The van der Waals surface area contributed by atoms with E-state index >= 15 is 0 Å². The number of nitrogens with one attached hydrogen (secondary N) is 1. The van der Waals surface area contributed by atoms with Crippen molar-refractivity contribution in [3.05, 3.63) is 232 Å². The fourth-order valence-corrected chi connectivity index (χ4v) is 8.62. The normalized spacial score (nSPS) is 19.4. The molecular weight excluding hydrogens is 667 g/mol. The fraction of sp³-hybridized carbons (Fsp3) is 0.0769. The van der Waals surface area contributed by atoms with Gasteiger partial charge in [-0.05, 0) is 67.5 Å². The number of allylic oxidation sites excluding steroid dienone is 8. The summed E-state index contributed by atoms with van der Waals surface area (Å²) in [6.45, 7) is 2.19. The van der Waals surface area contributed by atoms with E-state index in [9.17, 15) is 0 Å². The van der Waals surface area contributed by atoms with Crippen LogP contribution in [0.3, 0.4) is 0 Å². The average molecular weight is 706 g/mol. The van der Waals surface area contributed by atoms with Crippen molar-refractivity contribution in [3.63, 3.8) is 0 Å². The predicted octanol–water partition coefficient (Wildman–Crippen LogP) is 10.2. The quantitative estimate of drug-likeness (QED) is 0.184. The zero-order valence-electron chi connectivity index (χ0n) is 30.6. The number of amidine groups is 2. The van der Waals surface area contributed by atoms with Gasteiger partial charge in [0.05, 0.1) is 0 Å². The Balaban J connectivity index is 1.08. The SMILES string of the molecule is Cc1ccc2c(c1)=C1C=CC=CC1C1C=C(c3ccccc3-c3ccccc3-c3ccccc3C3=NC(c4ccccc4)=NC(c4ccccc4)N3)C=CC=21. The molecule has 0 amide bonds. The third-order valence-electron chi connectivity index (χ3n) is 11.2. The summed E-state index contributed by atoms with van der Waals surface area (Å²) in [5.41, 5.74) is 14.3. The molecule has 0 bridgehead atoms. The average Bonchev–Trinajstić information content (AvgIpc) is 3.27. The Bertz CT molecular complexity index is 2800. The van der Waals surface area contributed by atoms with E-state index < -0.39 is 0 Å². The lowest BCUT2D eigenvalue weighted by Gasteiger charge is -2.33. The summed E-state index contributed by atoms with van der Waals surface area (Å²) in [4.78, 5) is 10.3. The van der Waals surface area contributed by atoms with Gasteiger partial charge in [-0.2, -0.15) is 0 Å². The first-order valence-electron chi connectivity index (χ1n) is 19.1. The van der Waals surface area contributed by atoms with Crippen LogP contribution in [0.15, 0.2) is 204 Å². The molecule has 1 N–H and O–H groups in total. The Morgan fingerprint density at radius 2 is 1.11 bits per heavy atom. The molecule has 0 aromatic heterocycles. The van der Waals surface area contributed by atoms with Crippen LogP contribution in [-0.2, 0) is 0 Å². The topological polar surface area (TPSA) is 36.8 Å². The van der Waals surface area contributed by atoms with E-state index in [0.29, 0.717) is 11.8 Å². The number of hydrogen-bond acceptors (Lipinski definition) is 3. The van der Waals surface area contributed by atoms with Crippen LogP contribution in [0.4, 0.5) is 0 Å². The van der Waals surface area contributed by atoms with E-state index in [4.69, 9.17) is 9.98 Å². The van der Waals surface area contributed by atoms with Gasteiger partial charge in [0.1, 0.15) is 12.0 Å². The summed E-state index contributed by atoms with van der Waals surface area (Å²) in [5.74, 6) is 2.07. The van der Waals surface area contributed by atoms with E-state index in [-0.39, 0.29) is 12.1 Å². The minimum Gasteiger partial charge on any atom is -0.344 e. The summed E-state index contributed by atoms with van der Waals surface area (Å²) < 4.78 is 0. The van der Waals surface area contributed by atoms with E-state index in [1.165, 1.54) is 49.4 Å². The number of fused-ring (bicyclic) bond motifs is 4. The highest BCUT2D eigenvalue weighted by Gasteiger charge is 2.31. The minimum absolute atomic E-state index is 0.254. The second kappa shape index (κ2) is 13.9. The van der Waals surface area contributed by atoms with E-state index in [1.807, 2.05) is 24.3 Å². The first kappa shape index (κ1) is 32.8. The zero-order valence-corrected chi connectivity index (χ0v) is 30.6. The summed E-state index contributed by atoms with van der Waals surface area (Å²) >= 11 is 0. The minimum atomic E-state index is -0.275. The molecule has 1 aliphatic heterocycles. The second-order valence-electron chi connectivity index (χ2n) is 14.6. The van der Waals surface area contributed by atoms with Crippen LogP contribution in [0, 0.1) is 18.8 Å². The molecule has 1 heterocycles. The van der Waals surface area contributed by atoms with Gasteiger partial charge in [-0.3, -0.25) is 0 Å². The van der Waals surface area contributed by atoms with Crippen molar-refractivity contribution in [3.8, 4) is 22.3 Å². The van der Waals surface area contributed by atoms with Gasteiger partial charge in [0, 0.05) is 23.0 Å². The van der Waals surface area contributed by atoms with Crippen LogP contribution in [0.2, 0.25) is 0 Å². The number of aryl methyl sites for hydroxylation is 1. The van der Waals surface area contributed by atoms with E-state index in [2.05, 4.69) is 182 Å². The smallest absolute Gasteiger partial charge is 0.159 e. The number of rotatable bonds is 6. The lowest BCUT2D eigenvalue weighted by Crippen LogP contribution is -2.39. The highest BCUT2D eigenvalue weighted by Crippen LogP contribution is 2.43. The van der Waals surface area contributed by atoms with Gasteiger partial charge in [-0.25, -0.2) is 9.98 Å². The molecule has 3 heteroatoms. The Kier molecular flexibility index (Phi) is 8.26. The van der Waals surface area contributed by atoms with E-state index in [0.717, 1.165) is 33.7 Å². The van der Waals surface area contributed by atoms with Crippen LogP contribution in [-0.4, -0.2) is 11.7 Å². The standard InChI is InChI=1S/C52H39N3/c1-34-28-30-45-46-31-29-37(33-49(46)44-26-13-12-25-43(44)48(45)32-34)38-20-8-9-21-39(38)40-22-10-11-23-41(40)42-24-14-15-27-47(42)52-54-50(35-16-4-2-5-17-35)53-51(55-52)36-18-6-3-7-19-36/h2-33,44,49-50H,1H3,(H,53,54,55). The van der Waals surface area contributed by atoms with Gasteiger partial charge in [0.15, 0.2) is 5.84 Å². The fourth-order valence-electron chi connectivity index (χ4n) is 8.62. The maximum absolute atomic E-state index is 5.19. The number of benzene rings is 6. The molecule has 0 radical (unpaired) electrons. The second-order valence-corrected chi connectivity index (χ2v) is 14.6. The third kappa shape index (κ3) is 5.95. The molecule has 262 valence electrons. The van der Waals surface area contributed by atoms with Crippen molar-refractivity contribution in [1.82, 2.24) is 5.32 Å². The maximum atomic E-state index is 5.19. The van der Waals surface area contributed by atoms with Crippen LogP contribution in [0.25, 0.3) is 39.0 Å². The van der Waals surface area contributed by atoms with Gasteiger partial charge in [0.25, 0.3) is 0 Å². The van der Waals surface area contributed by atoms with Crippen LogP contribution in [0.1, 0.15) is 34.0 Å². The Morgan fingerprint density at radius 3 is 1.84 bits per heavy atom. The number of aliphatic imine (C=N–C) groups is 2. The first-order chi connectivity index (χ1) is 27.2. The Labute approximate surface area is 322 Å². The van der Waals surface area contributed by atoms with Crippen LogP contribution < -0.4 is 15.8 Å². The van der Waals surface area contributed by atoms with Gasteiger partial charge in [-0.15, -0.1) is 0 Å². The molecule has 6 aromatic carbocycles. The van der Waals surface area contributed by atoms with Crippen LogP contribution in [0.5, 0.6) is 0 Å². The van der Waals surface area contributed by atoms with Crippen molar-refractivity contribution in [2.75, 3.05) is 0 Å². The predicted molar refractivity (Wildman–Crippen MR) is 229 cm³/mol. The lowest BCUT2D eigenvalue weighted by molar-refractivity contribution is 0.674. The highest BCUT2D eigenvalue weighted by molar-refractivity contribution is 6.15. The van der Waals surface area contributed by atoms with Crippen molar-refractivity contribution in [2.45, 2.75) is 13.1 Å². The summed E-state index contributed by atoms with van der Waals surface area (Å²) in [6.07, 6.45) is 16.0. The molecule has 4 aliphatic rings. The van der Waals surface area contributed by atoms with Crippen molar-refractivity contribution in [2.24, 2.45) is 21.8 Å². The summed E-state index contributed by atoms with van der Waals surface area (Å²) in [7, 11) is 0. The molecule has 0 saturated heterocycles. The Hall–Kier alpha value is -6.84. The molecule has 3 aliphatic carbocycles. The monoisotopic (exact) mass is 705 g/mol. The number of hydrogen-bond donors (Lipinski definition) is 1. The van der Waals surface area contributed by atoms with Gasteiger partial charge >= 0.3 is 0 Å².